The van der Waals surface area contributed by atoms with E-state index in [0.29, 0.717) is 5.88 Å². The van der Waals surface area contributed by atoms with Crippen molar-refractivity contribution in [1.29, 1.82) is 0 Å². The van der Waals surface area contributed by atoms with Crippen LogP contribution in [-0.4, -0.2) is 34.8 Å². The largest absolute Gasteiger partial charge is 0.481 e. The van der Waals surface area contributed by atoms with E-state index in [1.54, 1.807) is 39.0 Å². The Morgan fingerprint density at radius 2 is 2.05 bits per heavy atom. The van der Waals surface area contributed by atoms with E-state index in [2.05, 4.69) is 4.98 Å². The van der Waals surface area contributed by atoms with Crippen LogP contribution in [0.5, 0.6) is 5.88 Å². The third-order valence-electron chi connectivity index (χ3n) is 2.28. The summed E-state index contributed by atoms with van der Waals surface area (Å²) in [6.07, 6.45) is -1.25. The summed E-state index contributed by atoms with van der Waals surface area (Å²) in [4.78, 5) is 15.8. The van der Waals surface area contributed by atoms with Gasteiger partial charge in [-0.15, -0.1) is 0 Å². The quantitative estimate of drug-likeness (QED) is 0.784. The molecule has 0 saturated carbocycles. The molecule has 1 aromatic rings. The standard InChI is InChI=1S/C13H20N2O4/c1-13(2,3)19-12(17)10(14)11(16)8-6-5-7-9(15-8)18-4/h5-7,10-11,16H,14H2,1-4H3/t10-,11+/m0/s1. The van der Waals surface area contributed by atoms with Gasteiger partial charge in [0.05, 0.1) is 12.8 Å². The SMILES string of the molecule is COc1cccc([C@@H](O)[C@H](N)C(=O)OC(C)(C)C)n1. The van der Waals surface area contributed by atoms with Gasteiger partial charge in [0.1, 0.15) is 17.7 Å². The van der Waals surface area contributed by atoms with Crippen LogP contribution in [0.15, 0.2) is 18.2 Å². The number of carbonyl (C=O) groups is 1. The van der Waals surface area contributed by atoms with E-state index < -0.39 is 23.7 Å². The third-order valence-corrected chi connectivity index (χ3v) is 2.28. The number of pyridine rings is 1. The van der Waals surface area contributed by atoms with Crippen LogP contribution in [0.3, 0.4) is 0 Å². The number of rotatable bonds is 4. The van der Waals surface area contributed by atoms with Gasteiger partial charge >= 0.3 is 5.97 Å². The molecule has 0 amide bonds. The fourth-order valence-corrected chi connectivity index (χ4v) is 1.39. The number of carbonyl (C=O) groups excluding carboxylic acids is 1. The van der Waals surface area contributed by atoms with Crippen LogP contribution < -0.4 is 10.5 Å². The Bertz CT molecular complexity index is 443. The molecule has 0 aliphatic rings. The summed E-state index contributed by atoms with van der Waals surface area (Å²) < 4.78 is 10.1. The van der Waals surface area contributed by atoms with Gasteiger partial charge in [0, 0.05) is 6.07 Å². The molecule has 0 aliphatic carbocycles. The third kappa shape index (κ3) is 4.50. The molecule has 6 heteroatoms. The molecule has 1 heterocycles. The van der Waals surface area contributed by atoms with E-state index in [-0.39, 0.29) is 5.69 Å². The van der Waals surface area contributed by atoms with Crippen molar-refractivity contribution in [1.82, 2.24) is 4.98 Å². The Hall–Kier alpha value is -1.66. The molecule has 1 aromatic heterocycles. The minimum atomic E-state index is -1.25. The highest BCUT2D eigenvalue weighted by molar-refractivity contribution is 5.76. The average molecular weight is 268 g/mol. The molecule has 0 spiro atoms. The molecule has 106 valence electrons. The van der Waals surface area contributed by atoms with Crippen molar-refractivity contribution in [3.8, 4) is 5.88 Å². The summed E-state index contributed by atoms with van der Waals surface area (Å²) in [6.45, 7) is 5.19. The molecule has 0 fully saturated rings. The van der Waals surface area contributed by atoms with Gasteiger partial charge in [-0.25, -0.2) is 4.98 Å². The van der Waals surface area contributed by atoms with Gasteiger partial charge in [-0.1, -0.05) is 6.07 Å². The van der Waals surface area contributed by atoms with Gasteiger partial charge in [-0.2, -0.15) is 0 Å². The Kier molecular flexibility index (Phi) is 4.85. The van der Waals surface area contributed by atoms with Gasteiger partial charge < -0.3 is 20.3 Å². The van der Waals surface area contributed by atoms with Crippen LogP contribution in [0.4, 0.5) is 0 Å². The van der Waals surface area contributed by atoms with Crippen LogP contribution in [0.1, 0.15) is 32.6 Å². The van der Waals surface area contributed by atoms with E-state index >= 15 is 0 Å². The van der Waals surface area contributed by atoms with Crippen LogP contribution in [0, 0.1) is 0 Å². The van der Waals surface area contributed by atoms with Crippen molar-refractivity contribution < 1.29 is 19.4 Å². The number of ether oxygens (including phenoxy) is 2. The van der Waals surface area contributed by atoms with Crippen molar-refractivity contribution in [2.75, 3.05) is 7.11 Å². The molecule has 0 aliphatic heterocycles. The monoisotopic (exact) mass is 268 g/mol. The van der Waals surface area contributed by atoms with Crippen molar-refractivity contribution >= 4 is 5.97 Å². The summed E-state index contributed by atoms with van der Waals surface area (Å²) in [5, 5.41) is 10.0. The first-order valence-corrected chi connectivity index (χ1v) is 5.92. The van der Waals surface area contributed by atoms with Gasteiger partial charge in [0.2, 0.25) is 5.88 Å². The molecule has 3 N–H and O–H groups in total. The first-order valence-electron chi connectivity index (χ1n) is 5.92. The van der Waals surface area contributed by atoms with E-state index in [1.165, 1.54) is 7.11 Å². The van der Waals surface area contributed by atoms with Gasteiger partial charge in [0.25, 0.3) is 0 Å². The Labute approximate surface area is 112 Å². The number of nitrogens with two attached hydrogens (primary N) is 1. The van der Waals surface area contributed by atoms with E-state index in [1.807, 2.05) is 0 Å². The lowest BCUT2D eigenvalue weighted by molar-refractivity contribution is -0.159. The molecule has 0 bridgehead atoms. The van der Waals surface area contributed by atoms with E-state index in [4.69, 9.17) is 15.2 Å². The normalized spacial score (nSPS) is 14.6. The lowest BCUT2D eigenvalue weighted by atomic mass is 10.1. The van der Waals surface area contributed by atoms with Crippen LogP contribution in [0.25, 0.3) is 0 Å². The molecule has 0 saturated heterocycles. The van der Waals surface area contributed by atoms with Gasteiger partial charge in [-0.3, -0.25) is 4.79 Å². The Balaban J connectivity index is 2.81. The topological polar surface area (TPSA) is 94.7 Å². The van der Waals surface area contributed by atoms with Gasteiger partial charge in [0.15, 0.2) is 0 Å². The molecule has 6 nitrogen and oxygen atoms in total. The maximum atomic E-state index is 11.8. The number of hydrogen-bond acceptors (Lipinski definition) is 6. The first kappa shape index (κ1) is 15.4. The molecular formula is C13H20N2O4. The highest BCUT2D eigenvalue weighted by atomic mass is 16.6. The minimum Gasteiger partial charge on any atom is -0.481 e. The second-order valence-corrected chi connectivity index (χ2v) is 5.11. The lowest BCUT2D eigenvalue weighted by Gasteiger charge is -2.24. The van der Waals surface area contributed by atoms with Crippen molar-refractivity contribution in [2.45, 2.75) is 38.5 Å². The Morgan fingerprint density at radius 3 is 2.58 bits per heavy atom. The molecule has 1 rings (SSSR count). The molecule has 0 radical (unpaired) electrons. The summed E-state index contributed by atoms with van der Waals surface area (Å²) in [7, 11) is 1.46. The fraction of sp³-hybridized carbons (Fsp3) is 0.538. The van der Waals surface area contributed by atoms with Crippen LogP contribution in [0.2, 0.25) is 0 Å². The number of hydrogen-bond donors (Lipinski definition) is 2. The zero-order chi connectivity index (χ0) is 14.6. The minimum absolute atomic E-state index is 0.262. The summed E-state index contributed by atoms with van der Waals surface area (Å²) >= 11 is 0. The predicted octanol–water partition coefficient (Wildman–Crippen LogP) is 0.793. The Morgan fingerprint density at radius 1 is 1.42 bits per heavy atom. The first-order chi connectivity index (χ1) is 8.74. The van der Waals surface area contributed by atoms with E-state index in [0.717, 1.165) is 0 Å². The lowest BCUT2D eigenvalue weighted by Crippen LogP contribution is -2.41. The number of esters is 1. The summed E-state index contributed by atoms with van der Waals surface area (Å²) in [6, 6.07) is 3.66. The average Bonchev–Trinajstić information content (AvgIpc) is 2.35. The summed E-state index contributed by atoms with van der Waals surface area (Å²) in [5.41, 5.74) is 5.29. The predicted molar refractivity (Wildman–Crippen MR) is 69.6 cm³/mol. The van der Waals surface area contributed by atoms with Crippen LogP contribution >= 0.6 is 0 Å². The highest BCUT2D eigenvalue weighted by Gasteiger charge is 2.29. The molecule has 19 heavy (non-hydrogen) atoms. The van der Waals surface area contributed by atoms with Crippen molar-refractivity contribution in [2.24, 2.45) is 5.73 Å². The molecule has 0 aromatic carbocycles. The fourth-order valence-electron chi connectivity index (χ4n) is 1.39. The maximum absolute atomic E-state index is 11.8. The number of aliphatic hydroxyl groups excluding tert-OH is 1. The smallest absolute Gasteiger partial charge is 0.326 e. The molecule has 0 unspecified atom stereocenters. The zero-order valence-electron chi connectivity index (χ0n) is 11.6. The number of nitrogens with zero attached hydrogens (tertiary/aromatic N) is 1. The number of aromatic nitrogens is 1. The zero-order valence-corrected chi connectivity index (χ0v) is 11.6. The maximum Gasteiger partial charge on any atom is 0.326 e. The molecular weight excluding hydrogens is 248 g/mol. The second-order valence-electron chi connectivity index (χ2n) is 5.11. The highest BCUT2D eigenvalue weighted by Crippen LogP contribution is 2.19. The summed E-state index contributed by atoms with van der Waals surface area (Å²) in [5.74, 6) is -0.336. The molecule has 2 atom stereocenters. The van der Waals surface area contributed by atoms with Crippen LogP contribution in [-0.2, 0) is 9.53 Å². The number of aliphatic hydroxyl groups is 1. The van der Waals surface area contributed by atoms with Crippen molar-refractivity contribution in [3.63, 3.8) is 0 Å². The second kappa shape index (κ2) is 5.99. The number of methoxy groups -OCH3 is 1. The van der Waals surface area contributed by atoms with Gasteiger partial charge in [-0.05, 0) is 26.8 Å². The van der Waals surface area contributed by atoms with Crippen molar-refractivity contribution in [3.05, 3.63) is 23.9 Å². The van der Waals surface area contributed by atoms with E-state index in [9.17, 15) is 9.90 Å².